The number of pyridine rings is 1. The van der Waals surface area contributed by atoms with E-state index in [2.05, 4.69) is 10.1 Å². The Kier molecular flexibility index (Phi) is 3.71. The van der Waals surface area contributed by atoms with E-state index in [0.717, 1.165) is 5.56 Å². The summed E-state index contributed by atoms with van der Waals surface area (Å²) >= 11 is 6.03. The summed E-state index contributed by atoms with van der Waals surface area (Å²) in [5.74, 6) is 0.472. The van der Waals surface area contributed by atoms with Gasteiger partial charge in [0.25, 0.3) is 5.56 Å². The van der Waals surface area contributed by atoms with Gasteiger partial charge in [0.2, 0.25) is 0 Å². The van der Waals surface area contributed by atoms with E-state index in [1.54, 1.807) is 25.5 Å². The highest BCUT2D eigenvalue weighted by Gasteiger charge is 2.11. The Morgan fingerprint density at radius 2 is 2.16 bits per heavy atom. The molecular weight excluding hydrogens is 266 g/mol. The molecule has 6 nitrogen and oxygen atoms in total. The van der Waals surface area contributed by atoms with Gasteiger partial charge in [-0.25, -0.2) is 9.67 Å². The highest BCUT2D eigenvalue weighted by atomic mass is 35.5. The van der Waals surface area contributed by atoms with Crippen molar-refractivity contribution in [1.29, 1.82) is 0 Å². The first-order chi connectivity index (χ1) is 8.99. The van der Waals surface area contributed by atoms with Crippen LogP contribution < -0.4 is 16.2 Å². The van der Waals surface area contributed by atoms with E-state index >= 15 is 0 Å². The van der Waals surface area contributed by atoms with Gasteiger partial charge in [0.05, 0.1) is 11.9 Å². The summed E-state index contributed by atoms with van der Waals surface area (Å²) in [6, 6.07) is 3.61. The summed E-state index contributed by atoms with van der Waals surface area (Å²) in [6.45, 7) is 0.557. The summed E-state index contributed by atoms with van der Waals surface area (Å²) < 4.78 is 1.20. The van der Waals surface area contributed by atoms with Crippen molar-refractivity contribution in [2.24, 2.45) is 7.05 Å². The summed E-state index contributed by atoms with van der Waals surface area (Å²) in [5, 5.41) is 4.11. The molecular formula is C12H14ClN5O. The molecule has 0 amide bonds. The molecule has 0 aliphatic carbocycles. The Morgan fingerprint density at radius 1 is 1.42 bits per heavy atom. The molecule has 0 radical (unpaired) electrons. The van der Waals surface area contributed by atoms with Crippen molar-refractivity contribution in [3.05, 3.63) is 45.5 Å². The fraction of sp³-hybridized carbons (Fsp3) is 0.250. The van der Waals surface area contributed by atoms with Crippen molar-refractivity contribution in [3.63, 3.8) is 0 Å². The van der Waals surface area contributed by atoms with E-state index in [9.17, 15) is 4.79 Å². The van der Waals surface area contributed by atoms with Crippen molar-refractivity contribution >= 4 is 23.1 Å². The molecule has 0 unspecified atom stereocenters. The van der Waals surface area contributed by atoms with Gasteiger partial charge in [0.1, 0.15) is 10.8 Å². The minimum atomic E-state index is -0.318. The zero-order valence-electron chi connectivity index (χ0n) is 10.7. The lowest BCUT2D eigenvalue weighted by atomic mass is 10.2. The first-order valence-corrected chi connectivity index (χ1v) is 6.00. The highest BCUT2D eigenvalue weighted by Crippen LogP contribution is 2.21. The molecule has 0 aliphatic rings. The molecule has 0 saturated heterocycles. The maximum absolute atomic E-state index is 11.7. The first-order valence-electron chi connectivity index (χ1n) is 5.62. The van der Waals surface area contributed by atoms with Crippen LogP contribution in [0.3, 0.4) is 0 Å². The van der Waals surface area contributed by atoms with E-state index in [4.69, 9.17) is 17.3 Å². The van der Waals surface area contributed by atoms with Crippen molar-refractivity contribution < 1.29 is 0 Å². The summed E-state index contributed by atoms with van der Waals surface area (Å²) in [5.41, 5.74) is 6.76. The second-order valence-corrected chi connectivity index (χ2v) is 4.60. The SMILES string of the molecule is CN(Cc1ccc(N)nc1)c1cnn(C)c(=O)c1Cl. The lowest BCUT2D eigenvalue weighted by Gasteiger charge is -2.20. The molecule has 0 aliphatic heterocycles. The van der Waals surface area contributed by atoms with Crippen molar-refractivity contribution in [2.75, 3.05) is 17.7 Å². The van der Waals surface area contributed by atoms with Crippen molar-refractivity contribution in [2.45, 2.75) is 6.54 Å². The van der Waals surface area contributed by atoms with Crippen LogP contribution in [-0.4, -0.2) is 21.8 Å². The maximum Gasteiger partial charge on any atom is 0.287 e. The summed E-state index contributed by atoms with van der Waals surface area (Å²) in [6.07, 6.45) is 3.25. The van der Waals surface area contributed by atoms with E-state index < -0.39 is 0 Å². The molecule has 0 saturated carbocycles. The van der Waals surface area contributed by atoms with Crippen molar-refractivity contribution in [3.8, 4) is 0 Å². The summed E-state index contributed by atoms with van der Waals surface area (Å²) in [7, 11) is 3.39. The number of rotatable bonds is 3. The number of anilines is 2. The molecule has 0 bridgehead atoms. The minimum absolute atomic E-state index is 0.156. The predicted octanol–water partition coefficient (Wildman–Crippen LogP) is 1.05. The highest BCUT2D eigenvalue weighted by molar-refractivity contribution is 6.32. The fourth-order valence-corrected chi connectivity index (χ4v) is 1.97. The molecule has 2 aromatic heterocycles. The average molecular weight is 280 g/mol. The zero-order chi connectivity index (χ0) is 14.0. The molecule has 0 spiro atoms. The number of nitrogen functional groups attached to an aromatic ring is 1. The van der Waals surface area contributed by atoms with Gasteiger partial charge in [-0.05, 0) is 11.6 Å². The second-order valence-electron chi connectivity index (χ2n) is 4.22. The Morgan fingerprint density at radius 3 is 2.79 bits per heavy atom. The van der Waals surface area contributed by atoms with Gasteiger partial charge in [-0.2, -0.15) is 5.10 Å². The largest absolute Gasteiger partial charge is 0.384 e. The van der Waals surface area contributed by atoms with E-state index in [-0.39, 0.29) is 10.6 Å². The van der Waals surface area contributed by atoms with Crippen LogP contribution in [-0.2, 0) is 13.6 Å². The summed E-state index contributed by atoms with van der Waals surface area (Å²) in [4.78, 5) is 17.6. The number of nitrogens with zero attached hydrogens (tertiary/aromatic N) is 4. The molecule has 7 heteroatoms. The number of hydrogen-bond donors (Lipinski definition) is 1. The standard InChI is InChI=1S/C12H14ClN5O/c1-17(7-8-3-4-10(14)15-5-8)9-6-16-18(2)12(19)11(9)13/h3-6H,7H2,1-2H3,(H2,14,15). The predicted molar refractivity (Wildman–Crippen MR) is 75.2 cm³/mol. The lowest BCUT2D eigenvalue weighted by molar-refractivity contribution is 0.703. The van der Waals surface area contributed by atoms with Crippen LogP contribution in [0.5, 0.6) is 0 Å². The topological polar surface area (TPSA) is 77.0 Å². The van der Waals surface area contributed by atoms with Crippen LogP contribution in [0.1, 0.15) is 5.56 Å². The van der Waals surface area contributed by atoms with E-state index in [0.29, 0.717) is 18.1 Å². The van der Waals surface area contributed by atoms with Gasteiger partial charge in [0, 0.05) is 26.8 Å². The normalized spacial score (nSPS) is 10.5. The van der Waals surface area contributed by atoms with Gasteiger partial charge < -0.3 is 10.6 Å². The number of halogens is 1. The minimum Gasteiger partial charge on any atom is -0.384 e. The van der Waals surface area contributed by atoms with Crippen LogP contribution in [0.2, 0.25) is 5.02 Å². The van der Waals surface area contributed by atoms with Crippen LogP contribution in [0.15, 0.2) is 29.3 Å². The molecule has 0 fully saturated rings. The van der Waals surface area contributed by atoms with E-state index in [1.165, 1.54) is 4.68 Å². The van der Waals surface area contributed by atoms with Crippen LogP contribution in [0, 0.1) is 0 Å². The zero-order valence-corrected chi connectivity index (χ0v) is 11.4. The molecule has 2 rings (SSSR count). The van der Waals surface area contributed by atoms with Crippen molar-refractivity contribution in [1.82, 2.24) is 14.8 Å². The van der Waals surface area contributed by atoms with Crippen LogP contribution >= 0.6 is 11.6 Å². The molecule has 2 heterocycles. The monoisotopic (exact) mass is 279 g/mol. The molecule has 2 N–H and O–H groups in total. The average Bonchev–Trinajstić information content (AvgIpc) is 2.39. The fourth-order valence-electron chi connectivity index (χ4n) is 1.66. The van der Waals surface area contributed by atoms with Gasteiger partial charge in [0.15, 0.2) is 0 Å². The first kappa shape index (κ1) is 13.4. The second kappa shape index (κ2) is 5.27. The number of aromatic nitrogens is 3. The molecule has 19 heavy (non-hydrogen) atoms. The molecule has 100 valence electrons. The molecule has 0 aromatic carbocycles. The number of hydrogen-bond acceptors (Lipinski definition) is 5. The Balaban J connectivity index is 2.25. The number of nitrogens with two attached hydrogens (primary N) is 1. The number of aryl methyl sites for hydroxylation is 1. The lowest BCUT2D eigenvalue weighted by Crippen LogP contribution is -2.25. The Bertz CT molecular complexity index is 638. The van der Waals surface area contributed by atoms with Gasteiger partial charge in [-0.15, -0.1) is 0 Å². The smallest absolute Gasteiger partial charge is 0.287 e. The van der Waals surface area contributed by atoms with Gasteiger partial charge in [-0.1, -0.05) is 17.7 Å². The quantitative estimate of drug-likeness (QED) is 0.909. The Labute approximate surface area is 115 Å². The van der Waals surface area contributed by atoms with Crippen LogP contribution in [0.25, 0.3) is 0 Å². The third-order valence-electron chi connectivity index (χ3n) is 2.74. The Hall–Kier alpha value is -2.08. The van der Waals surface area contributed by atoms with Gasteiger partial charge in [-0.3, -0.25) is 4.79 Å². The molecule has 2 aromatic rings. The third-order valence-corrected chi connectivity index (χ3v) is 3.09. The molecule has 0 atom stereocenters. The van der Waals surface area contributed by atoms with Crippen LogP contribution in [0.4, 0.5) is 11.5 Å². The maximum atomic E-state index is 11.7. The third kappa shape index (κ3) is 2.85. The van der Waals surface area contributed by atoms with Gasteiger partial charge >= 0.3 is 0 Å². The van der Waals surface area contributed by atoms with E-state index in [1.807, 2.05) is 18.0 Å².